The first-order valence-electron chi connectivity index (χ1n) is 10.8. The van der Waals surface area contributed by atoms with Crippen LogP contribution in [0.1, 0.15) is 52.5 Å². The molecule has 0 amide bonds. The van der Waals surface area contributed by atoms with E-state index in [0.717, 1.165) is 52.1 Å². The normalized spacial score (nSPS) is 20.9. The molecular formula is C23H32BrN3O2Si. The average molecular weight is 491 g/mol. The molecule has 0 atom stereocenters. The molecule has 1 aliphatic carbocycles. The van der Waals surface area contributed by atoms with Gasteiger partial charge in [-0.3, -0.25) is 14.1 Å². The summed E-state index contributed by atoms with van der Waals surface area (Å²) in [5, 5.41) is 1.25. The van der Waals surface area contributed by atoms with E-state index in [4.69, 9.17) is 4.43 Å². The van der Waals surface area contributed by atoms with Crippen LogP contribution in [0.2, 0.25) is 18.1 Å². The Balaban J connectivity index is 1.67. The summed E-state index contributed by atoms with van der Waals surface area (Å²) in [5.74, 6) is 0. The monoisotopic (exact) mass is 489 g/mol. The Bertz CT molecular complexity index is 1150. The van der Waals surface area contributed by atoms with Crippen molar-refractivity contribution in [1.29, 1.82) is 0 Å². The number of imidazole rings is 1. The largest absolute Gasteiger partial charge is 0.414 e. The van der Waals surface area contributed by atoms with E-state index in [2.05, 4.69) is 60.8 Å². The molecule has 0 aliphatic heterocycles. The fraction of sp³-hybridized carbons (Fsp3) is 0.565. The standard InChI is InChI=1S/C23H32BrN3O2Si/c1-23(2,3)30(5,6)29-17-10-8-16(9-11-17)27-21-18-13-15(24)7-12-19(18)25-14-20(21)26(4)22(27)28/h7,12-14,16-17H,8-11H2,1-6H3. The van der Waals surface area contributed by atoms with Crippen molar-refractivity contribution in [2.45, 2.75) is 76.7 Å². The summed E-state index contributed by atoms with van der Waals surface area (Å²) < 4.78 is 11.4. The third-order valence-electron chi connectivity index (χ3n) is 7.15. The topological polar surface area (TPSA) is 49.0 Å². The van der Waals surface area contributed by atoms with Crippen molar-refractivity contribution >= 4 is 46.2 Å². The lowest BCUT2D eigenvalue weighted by Gasteiger charge is -2.41. The fourth-order valence-corrected chi connectivity index (χ4v) is 6.14. The first-order chi connectivity index (χ1) is 14.0. The van der Waals surface area contributed by atoms with Gasteiger partial charge >= 0.3 is 5.69 Å². The van der Waals surface area contributed by atoms with Gasteiger partial charge in [0, 0.05) is 29.1 Å². The molecule has 1 fully saturated rings. The van der Waals surface area contributed by atoms with Crippen molar-refractivity contribution in [3.8, 4) is 0 Å². The predicted octanol–water partition coefficient (Wildman–Crippen LogP) is 6.16. The van der Waals surface area contributed by atoms with Gasteiger partial charge in [-0.2, -0.15) is 0 Å². The van der Waals surface area contributed by atoms with E-state index in [1.54, 1.807) is 4.57 Å². The number of nitrogens with zero attached hydrogens (tertiary/aromatic N) is 3. The SMILES string of the molecule is Cn1c(=O)n(C2CCC(O[Si](C)(C)C(C)(C)C)CC2)c2c3cc(Br)ccc3ncc21. The Kier molecular flexibility index (Phi) is 5.52. The van der Waals surface area contributed by atoms with E-state index >= 15 is 0 Å². The van der Waals surface area contributed by atoms with Crippen LogP contribution in [-0.4, -0.2) is 28.5 Å². The van der Waals surface area contributed by atoms with E-state index in [0.29, 0.717) is 6.10 Å². The highest BCUT2D eigenvalue weighted by Gasteiger charge is 2.40. The first-order valence-corrected chi connectivity index (χ1v) is 14.5. The van der Waals surface area contributed by atoms with E-state index in [-0.39, 0.29) is 16.8 Å². The van der Waals surface area contributed by atoms with Gasteiger partial charge in [-0.15, -0.1) is 0 Å². The summed E-state index contributed by atoms with van der Waals surface area (Å²) in [6, 6.07) is 6.28. The second-order valence-corrected chi connectivity index (χ2v) is 15.8. The number of pyridine rings is 1. The summed E-state index contributed by atoms with van der Waals surface area (Å²) in [4.78, 5) is 17.8. The molecule has 0 radical (unpaired) electrons. The molecule has 7 heteroatoms. The zero-order valence-corrected chi connectivity index (χ0v) is 21.4. The number of fused-ring (bicyclic) bond motifs is 3. The van der Waals surface area contributed by atoms with Crippen LogP contribution in [0.4, 0.5) is 0 Å². The molecule has 0 unspecified atom stereocenters. The lowest BCUT2D eigenvalue weighted by molar-refractivity contribution is 0.118. The number of hydrogen-bond donors (Lipinski definition) is 0. The van der Waals surface area contributed by atoms with Gasteiger partial charge in [0.2, 0.25) is 0 Å². The van der Waals surface area contributed by atoms with Crippen LogP contribution >= 0.6 is 15.9 Å². The summed E-state index contributed by atoms with van der Waals surface area (Å²) in [5.41, 5.74) is 2.86. The maximum atomic E-state index is 13.2. The highest BCUT2D eigenvalue weighted by molar-refractivity contribution is 9.10. The smallest absolute Gasteiger partial charge is 0.329 e. The molecule has 0 N–H and O–H groups in total. The van der Waals surface area contributed by atoms with E-state index in [1.807, 2.05) is 29.9 Å². The number of benzene rings is 1. The lowest BCUT2D eigenvalue weighted by atomic mass is 9.93. The van der Waals surface area contributed by atoms with Crippen molar-refractivity contribution in [2.24, 2.45) is 7.05 Å². The van der Waals surface area contributed by atoms with Crippen LogP contribution < -0.4 is 5.69 Å². The van der Waals surface area contributed by atoms with Crippen molar-refractivity contribution < 1.29 is 4.43 Å². The average Bonchev–Trinajstić information content (AvgIpc) is 2.92. The van der Waals surface area contributed by atoms with Gasteiger partial charge in [-0.25, -0.2) is 4.79 Å². The highest BCUT2D eigenvalue weighted by Crippen LogP contribution is 2.41. The predicted molar refractivity (Wildman–Crippen MR) is 130 cm³/mol. The molecule has 1 saturated carbocycles. The third-order valence-corrected chi connectivity index (χ3v) is 12.2. The van der Waals surface area contributed by atoms with Crippen LogP contribution in [0.25, 0.3) is 21.9 Å². The summed E-state index contributed by atoms with van der Waals surface area (Å²) >= 11 is 3.58. The van der Waals surface area contributed by atoms with Gasteiger partial charge in [-0.05, 0) is 62.0 Å². The van der Waals surface area contributed by atoms with Crippen LogP contribution in [0.15, 0.2) is 33.7 Å². The van der Waals surface area contributed by atoms with Gasteiger partial charge in [-0.1, -0.05) is 36.7 Å². The molecule has 2 aromatic heterocycles. The summed E-state index contributed by atoms with van der Waals surface area (Å²) in [6.45, 7) is 11.5. The fourth-order valence-electron chi connectivity index (χ4n) is 4.35. The van der Waals surface area contributed by atoms with Crippen LogP contribution in [0.5, 0.6) is 0 Å². The Morgan fingerprint density at radius 1 is 1.17 bits per heavy atom. The molecule has 5 nitrogen and oxygen atoms in total. The lowest BCUT2D eigenvalue weighted by Crippen LogP contribution is -2.45. The van der Waals surface area contributed by atoms with Gasteiger partial charge < -0.3 is 4.43 Å². The third kappa shape index (κ3) is 3.69. The Hall–Kier alpha value is -1.44. The van der Waals surface area contributed by atoms with E-state index < -0.39 is 8.32 Å². The minimum Gasteiger partial charge on any atom is -0.414 e. The van der Waals surface area contributed by atoms with Gasteiger partial charge in [0.25, 0.3) is 0 Å². The van der Waals surface area contributed by atoms with E-state index in [1.165, 1.54) is 0 Å². The maximum Gasteiger partial charge on any atom is 0.329 e. The molecule has 0 bridgehead atoms. The molecule has 1 aliphatic rings. The van der Waals surface area contributed by atoms with Crippen molar-refractivity contribution in [3.63, 3.8) is 0 Å². The number of rotatable bonds is 3. The summed E-state index contributed by atoms with van der Waals surface area (Å²) in [6.07, 6.45) is 6.09. The van der Waals surface area contributed by atoms with Crippen LogP contribution in [0.3, 0.4) is 0 Å². The molecule has 162 valence electrons. The molecule has 2 heterocycles. The minimum absolute atomic E-state index is 0.0491. The molecule has 4 rings (SSSR count). The van der Waals surface area contributed by atoms with Crippen molar-refractivity contribution in [2.75, 3.05) is 0 Å². The molecule has 1 aromatic carbocycles. The quantitative estimate of drug-likeness (QED) is 0.414. The zero-order valence-electron chi connectivity index (χ0n) is 18.8. The van der Waals surface area contributed by atoms with Crippen LogP contribution in [-0.2, 0) is 11.5 Å². The van der Waals surface area contributed by atoms with E-state index in [9.17, 15) is 4.79 Å². The van der Waals surface area contributed by atoms with Crippen molar-refractivity contribution in [3.05, 3.63) is 39.4 Å². The second kappa shape index (κ2) is 7.60. The molecule has 0 saturated heterocycles. The molecule has 30 heavy (non-hydrogen) atoms. The number of aromatic nitrogens is 3. The van der Waals surface area contributed by atoms with Gasteiger partial charge in [0.15, 0.2) is 8.32 Å². The highest BCUT2D eigenvalue weighted by atomic mass is 79.9. The number of hydrogen-bond acceptors (Lipinski definition) is 3. The first kappa shape index (κ1) is 21.8. The van der Waals surface area contributed by atoms with Gasteiger partial charge in [0.1, 0.15) is 0 Å². The Morgan fingerprint density at radius 3 is 2.47 bits per heavy atom. The van der Waals surface area contributed by atoms with Crippen molar-refractivity contribution in [1.82, 2.24) is 14.1 Å². The molecule has 3 aromatic rings. The minimum atomic E-state index is -1.77. The summed E-state index contributed by atoms with van der Waals surface area (Å²) in [7, 11) is 0.0733. The number of halogens is 1. The zero-order chi connectivity index (χ0) is 21.8. The number of aryl methyl sites for hydroxylation is 1. The Labute approximate surface area is 187 Å². The second-order valence-electron chi connectivity index (χ2n) is 10.2. The Morgan fingerprint density at radius 2 is 1.83 bits per heavy atom. The molecular weight excluding hydrogens is 458 g/mol. The maximum absolute atomic E-state index is 13.2. The van der Waals surface area contributed by atoms with Gasteiger partial charge in [0.05, 0.1) is 22.7 Å². The molecule has 0 spiro atoms. The van der Waals surface area contributed by atoms with Crippen LogP contribution in [0, 0.1) is 0 Å².